The molecule has 0 saturated heterocycles. The lowest BCUT2D eigenvalue weighted by Crippen LogP contribution is -2.39. The van der Waals surface area contributed by atoms with Crippen molar-refractivity contribution in [2.45, 2.75) is 73.0 Å². The summed E-state index contributed by atoms with van der Waals surface area (Å²) in [6.07, 6.45) is 2.46. The van der Waals surface area contributed by atoms with Crippen molar-refractivity contribution in [3.05, 3.63) is 11.1 Å². The van der Waals surface area contributed by atoms with Crippen molar-refractivity contribution in [2.24, 2.45) is 23.7 Å². The van der Waals surface area contributed by atoms with Gasteiger partial charge in [-0.3, -0.25) is 9.59 Å². The Kier molecular flexibility index (Phi) is 5.53. The predicted molar refractivity (Wildman–Crippen MR) is 88.6 cm³/mol. The van der Waals surface area contributed by atoms with Crippen LogP contribution in [0.15, 0.2) is 11.1 Å². The van der Waals surface area contributed by atoms with Crippen LogP contribution in [-0.4, -0.2) is 24.1 Å². The molecule has 23 heavy (non-hydrogen) atoms. The van der Waals surface area contributed by atoms with Gasteiger partial charge in [-0.2, -0.15) is 0 Å². The first-order valence-corrected chi connectivity index (χ1v) is 8.94. The molecule has 130 valence electrons. The summed E-state index contributed by atoms with van der Waals surface area (Å²) in [5, 5.41) is 0. The van der Waals surface area contributed by atoms with Crippen molar-refractivity contribution in [1.82, 2.24) is 0 Å². The van der Waals surface area contributed by atoms with Gasteiger partial charge in [0.25, 0.3) is 0 Å². The van der Waals surface area contributed by atoms with Crippen LogP contribution >= 0.6 is 0 Å². The van der Waals surface area contributed by atoms with Crippen LogP contribution in [0.2, 0.25) is 0 Å². The SMILES string of the molecule is CCC1=C(CC)C2CC1C(C(=O)OC(C)C)C2C(=O)OC(C)C. The van der Waals surface area contributed by atoms with Crippen LogP contribution in [0.25, 0.3) is 0 Å². The number of carbonyl (C=O) groups excluding carboxylic acids is 2. The van der Waals surface area contributed by atoms with Crippen LogP contribution in [0.3, 0.4) is 0 Å². The van der Waals surface area contributed by atoms with Gasteiger partial charge in [0.05, 0.1) is 24.0 Å². The summed E-state index contributed by atoms with van der Waals surface area (Å²) in [5.41, 5.74) is 2.74. The maximum Gasteiger partial charge on any atom is 0.310 e. The first kappa shape index (κ1) is 18.0. The highest BCUT2D eigenvalue weighted by molar-refractivity contribution is 5.85. The highest BCUT2D eigenvalue weighted by Crippen LogP contribution is 2.57. The summed E-state index contributed by atoms with van der Waals surface area (Å²) < 4.78 is 10.9. The molecule has 0 spiro atoms. The molecule has 4 unspecified atom stereocenters. The third-order valence-electron chi connectivity index (χ3n) is 5.08. The number of allylic oxidation sites excluding steroid dienone is 2. The molecule has 2 aliphatic rings. The third-order valence-corrected chi connectivity index (χ3v) is 5.08. The smallest absolute Gasteiger partial charge is 0.310 e. The van der Waals surface area contributed by atoms with E-state index in [0.717, 1.165) is 19.3 Å². The van der Waals surface area contributed by atoms with E-state index in [4.69, 9.17) is 9.47 Å². The topological polar surface area (TPSA) is 52.6 Å². The summed E-state index contributed by atoms with van der Waals surface area (Å²) in [5.74, 6) is -0.928. The molecule has 4 heteroatoms. The minimum atomic E-state index is -0.376. The average Bonchev–Trinajstić information content (AvgIpc) is 2.99. The van der Waals surface area contributed by atoms with Crippen molar-refractivity contribution in [1.29, 1.82) is 0 Å². The molecule has 0 aromatic carbocycles. The van der Waals surface area contributed by atoms with Crippen LogP contribution in [0, 0.1) is 23.7 Å². The van der Waals surface area contributed by atoms with Gasteiger partial charge in [-0.25, -0.2) is 0 Å². The highest BCUT2D eigenvalue weighted by atomic mass is 16.6. The van der Waals surface area contributed by atoms with E-state index in [1.807, 2.05) is 27.7 Å². The van der Waals surface area contributed by atoms with Gasteiger partial charge in [0.15, 0.2) is 0 Å². The lowest BCUT2D eigenvalue weighted by Gasteiger charge is -2.32. The number of ether oxygens (including phenoxy) is 2. The van der Waals surface area contributed by atoms with Gasteiger partial charge in [-0.05, 0) is 58.8 Å². The molecule has 2 bridgehead atoms. The average molecular weight is 322 g/mol. The van der Waals surface area contributed by atoms with Crippen LogP contribution < -0.4 is 0 Å². The van der Waals surface area contributed by atoms with E-state index < -0.39 is 0 Å². The molecule has 0 aromatic rings. The Morgan fingerprint density at radius 3 is 1.48 bits per heavy atom. The second-order valence-electron chi connectivity index (χ2n) is 7.23. The Labute approximate surface area is 139 Å². The number of rotatable bonds is 6. The summed E-state index contributed by atoms with van der Waals surface area (Å²) >= 11 is 0. The zero-order valence-electron chi connectivity index (χ0n) is 15.2. The van der Waals surface area contributed by atoms with Crippen LogP contribution in [0.5, 0.6) is 0 Å². The van der Waals surface area contributed by atoms with E-state index in [-0.39, 0.29) is 47.8 Å². The lowest BCUT2D eigenvalue weighted by molar-refractivity contribution is -0.166. The van der Waals surface area contributed by atoms with Gasteiger partial charge < -0.3 is 9.47 Å². The highest BCUT2D eigenvalue weighted by Gasteiger charge is 2.58. The summed E-state index contributed by atoms with van der Waals surface area (Å²) in [4.78, 5) is 25.3. The molecule has 1 fully saturated rings. The first-order chi connectivity index (χ1) is 10.8. The number of esters is 2. The second kappa shape index (κ2) is 7.06. The monoisotopic (exact) mass is 322 g/mol. The molecule has 0 heterocycles. The molecular weight excluding hydrogens is 292 g/mol. The maximum atomic E-state index is 12.7. The van der Waals surface area contributed by atoms with E-state index >= 15 is 0 Å². The fraction of sp³-hybridized carbons (Fsp3) is 0.789. The van der Waals surface area contributed by atoms with E-state index in [1.165, 1.54) is 11.1 Å². The predicted octanol–water partition coefficient (Wildman–Crippen LogP) is 3.89. The van der Waals surface area contributed by atoms with Gasteiger partial charge in [0.1, 0.15) is 0 Å². The van der Waals surface area contributed by atoms with E-state index in [0.29, 0.717) is 0 Å². The largest absolute Gasteiger partial charge is 0.463 e. The Morgan fingerprint density at radius 2 is 1.22 bits per heavy atom. The lowest BCUT2D eigenvalue weighted by atomic mass is 9.74. The van der Waals surface area contributed by atoms with Gasteiger partial charge in [0.2, 0.25) is 0 Å². The quantitative estimate of drug-likeness (QED) is 0.550. The normalized spacial score (nSPS) is 29.6. The number of hydrogen-bond acceptors (Lipinski definition) is 4. The van der Waals surface area contributed by atoms with Crippen LogP contribution in [-0.2, 0) is 19.1 Å². The zero-order valence-corrected chi connectivity index (χ0v) is 15.2. The molecule has 4 nitrogen and oxygen atoms in total. The van der Waals surface area contributed by atoms with E-state index in [2.05, 4.69) is 13.8 Å². The van der Waals surface area contributed by atoms with Gasteiger partial charge in [-0.1, -0.05) is 25.0 Å². The van der Waals surface area contributed by atoms with Crippen molar-refractivity contribution in [3.8, 4) is 0 Å². The Balaban J connectivity index is 2.35. The minimum Gasteiger partial charge on any atom is -0.463 e. The molecule has 0 aliphatic heterocycles. The number of carbonyl (C=O) groups is 2. The Bertz CT molecular complexity index is 459. The number of hydrogen-bond donors (Lipinski definition) is 0. The fourth-order valence-electron chi connectivity index (χ4n) is 4.48. The van der Waals surface area contributed by atoms with E-state index in [1.54, 1.807) is 0 Å². The van der Waals surface area contributed by atoms with Crippen LogP contribution in [0.1, 0.15) is 60.8 Å². The van der Waals surface area contributed by atoms with Gasteiger partial charge in [-0.15, -0.1) is 0 Å². The van der Waals surface area contributed by atoms with Crippen LogP contribution in [0.4, 0.5) is 0 Å². The first-order valence-electron chi connectivity index (χ1n) is 8.94. The molecule has 0 aromatic heterocycles. The summed E-state index contributed by atoms with van der Waals surface area (Å²) in [6.45, 7) is 11.7. The Morgan fingerprint density at radius 1 is 0.870 bits per heavy atom. The van der Waals surface area contributed by atoms with Crippen molar-refractivity contribution < 1.29 is 19.1 Å². The molecule has 4 atom stereocenters. The zero-order chi connectivity index (χ0) is 17.3. The molecule has 2 rings (SSSR count). The molecule has 1 saturated carbocycles. The summed E-state index contributed by atoms with van der Waals surface area (Å²) in [6, 6.07) is 0. The Hall–Kier alpha value is -1.32. The van der Waals surface area contributed by atoms with Crippen molar-refractivity contribution >= 4 is 11.9 Å². The van der Waals surface area contributed by atoms with Crippen molar-refractivity contribution in [2.75, 3.05) is 0 Å². The molecular formula is C19H30O4. The standard InChI is InChI=1S/C19H30O4/c1-7-12-13(8-2)15-9-14(12)16(18(20)22-10(3)4)17(15)19(21)23-11(5)6/h10-11,14-17H,7-9H2,1-6H3. The van der Waals surface area contributed by atoms with E-state index in [9.17, 15) is 9.59 Å². The minimum absolute atomic E-state index is 0.149. The summed E-state index contributed by atoms with van der Waals surface area (Å²) in [7, 11) is 0. The van der Waals surface area contributed by atoms with Gasteiger partial charge >= 0.3 is 11.9 Å². The van der Waals surface area contributed by atoms with Crippen molar-refractivity contribution in [3.63, 3.8) is 0 Å². The van der Waals surface area contributed by atoms with Gasteiger partial charge in [0, 0.05) is 0 Å². The number of fused-ring (bicyclic) bond motifs is 2. The molecule has 2 aliphatic carbocycles. The molecule has 0 radical (unpaired) electrons. The fourth-order valence-corrected chi connectivity index (χ4v) is 4.48. The molecule has 0 amide bonds. The third kappa shape index (κ3) is 3.31. The molecule has 0 N–H and O–H groups in total. The maximum absolute atomic E-state index is 12.7. The second-order valence-corrected chi connectivity index (χ2v) is 7.23.